The molecule has 1 saturated heterocycles. The summed E-state index contributed by atoms with van der Waals surface area (Å²) < 4.78 is 10.6. The van der Waals surface area contributed by atoms with Crippen molar-refractivity contribution in [2.45, 2.75) is 18.8 Å². The van der Waals surface area contributed by atoms with Gasteiger partial charge in [0, 0.05) is 19.0 Å². The topological polar surface area (TPSA) is 67.5 Å². The van der Waals surface area contributed by atoms with E-state index in [1.807, 2.05) is 29.3 Å². The lowest BCUT2D eigenvalue weighted by Crippen LogP contribution is -2.41. The summed E-state index contributed by atoms with van der Waals surface area (Å²) >= 11 is 0. The highest BCUT2D eigenvalue weighted by Crippen LogP contribution is 2.28. The van der Waals surface area contributed by atoms with Crippen LogP contribution in [-0.2, 0) is 14.3 Å². The van der Waals surface area contributed by atoms with Crippen molar-refractivity contribution < 1.29 is 14.3 Å². The number of carbonyl (C=O) groups is 1. The Hall–Kier alpha value is -2.76. The van der Waals surface area contributed by atoms with Crippen molar-refractivity contribution >= 4 is 5.91 Å². The van der Waals surface area contributed by atoms with E-state index in [2.05, 4.69) is 22.1 Å². The number of nitrogens with one attached hydrogen (secondary N) is 1. The molecule has 4 rings (SSSR count). The summed E-state index contributed by atoms with van der Waals surface area (Å²) in [6.07, 6.45) is 5.26. The van der Waals surface area contributed by atoms with Crippen molar-refractivity contribution in [1.82, 2.24) is 14.9 Å². The summed E-state index contributed by atoms with van der Waals surface area (Å²) in [5, 5.41) is 0. The van der Waals surface area contributed by atoms with Gasteiger partial charge < -0.3 is 19.4 Å². The number of amides is 1. The van der Waals surface area contributed by atoms with E-state index in [0.29, 0.717) is 25.5 Å². The van der Waals surface area contributed by atoms with E-state index in [1.165, 1.54) is 6.26 Å². The Morgan fingerprint density at radius 1 is 1.24 bits per heavy atom. The van der Waals surface area contributed by atoms with E-state index in [1.54, 1.807) is 0 Å². The van der Waals surface area contributed by atoms with E-state index >= 15 is 0 Å². The predicted octanol–water partition coefficient (Wildman–Crippen LogP) is 2.67. The van der Waals surface area contributed by atoms with Crippen LogP contribution in [0.15, 0.2) is 48.5 Å². The fraction of sp³-hybridized carbons (Fsp3) is 0.368. The van der Waals surface area contributed by atoms with Crippen molar-refractivity contribution in [2.75, 3.05) is 26.3 Å². The molecule has 130 valence electrons. The first-order valence-corrected chi connectivity index (χ1v) is 8.65. The van der Waals surface area contributed by atoms with Crippen molar-refractivity contribution in [3.05, 3.63) is 54.4 Å². The minimum atomic E-state index is -0.0979. The Morgan fingerprint density at radius 3 is 2.92 bits per heavy atom. The largest absolute Gasteiger partial charge is 0.494 e. The summed E-state index contributed by atoms with van der Waals surface area (Å²) in [6.45, 7) is 2.30. The molecule has 6 heteroatoms. The molecule has 2 aliphatic heterocycles. The number of likely N-dealkylation sites (tertiary alicyclic amines) is 1. The third-order valence-electron chi connectivity index (χ3n) is 4.64. The second-order valence-electron chi connectivity index (χ2n) is 6.34. The number of hydrogen-bond acceptors (Lipinski definition) is 4. The number of aromatic amines is 1. The SMILES string of the molecule is O=C(C1=COCCO1)N1CCC[C@H](c2ncc(-c3ccccc3)[nH]2)C1. The zero-order chi connectivity index (χ0) is 17.1. The maximum Gasteiger partial charge on any atom is 0.292 e. The quantitative estimate of drug-likeness (QED) is 0.933. The number of hydrogen-bond donors (Lipinski definition) is 1. The van der Waals surface area contributed by atoms with Crippen LogP contribution in [0.3, 0.4) is 0 Å². The zero-order valence-electron chi connectivity index (χ0n) is 14.0. The van der Waals surface area contributed by atoms with Gasteiger partial charge >= 0.3 is 0 Å². The molecular formula is C19H21N3O3. The molecule has 0 unspecified atom stereocenters. The first-order chi connectivity index (χ1) is 12.3. The molecule has 2 aliphatic rings. The van der Waals surface area contributed by atoms with Crippen LogP contribution in [0.25, 0.3) is 11.3 Å². The minimum absolute atomic E-state index is 0.0979. The highest BCUT2D eigenvalue weighted by molar-refractivity contribution is 5.91. The van der Waals surface area contributed by atoms with Crippen LogP contribution in [0.1, 0.15) is 24.6 Å². The molecule has 1 atom stereocenters. The molecule has 3 heterocycles. The average Bonchev–Trinajstić information content (AvgIpc) is 3.19. The van der Waals surface area contributed by atoms with Gasteiger partial charge in [-0.25, -0.2) is 4.98 Å². The maximum atomic E-state index is 12.6. The lowest BCUT2D eigenvalue weighted by atomic mass is 9.97. The number of H-pyrrole nitrogens is 1. The third-order valence-corrected chi connectivity index (χ3v) is 4.64. The molecule has 6 nitrogen and oxygen atoms in total. The zero-order valence-corrected chi connectivity index (χ0v) is 14.0. The van der Waals surface area contributed by atoms with Crippen molar-refractivity contribution in [3.63, 3.8) is 0 Å². The van der Waals surface area contributed by atoms with Gasteiger partial charge in [-0.2, -0.15) is 0 Å². The van der Waals surface area contributed by atoms with Crippen LogP contribution in [0.4, 0.5) is 0 Å². The average molecular weight is 339 g/mol. The number of rotatable bonds is 3. The number of benzene rings is 1. The van der Waals surface area contributed by atoms with Gasteiger partial charge in [0.1, 0.15) is 25.3 Å². The van der Waals surface area contributed by atoms with Crippen LogP contribution < -0.4 is 0 Å². The van der Waals surface area contributed by atoms with Crippen LogP contribution in [0, 0.1) is 0 Å². The summed E-state index contributed by atoms with van der Waals surface area (Å²) in [5.41, 5.74) is 2.12. The molecule has 1 aromatic heterocycles. The van der Waals surface area contributed by atoms with E-state index in [0.717, 1.165) is 36.5 Å². The molecule has 1 fully saturated rings. The molecule has 0 saturated carbocycles. The summed E-state index contributed by atoms with van der Waals surface area (Å²) in [6, 6.07) is 10.1. The summed E-state index contributed by atoms with van der Waals surface area (Å²) in [5.74, 6) is 1.35. The molecule has 1 aromatic carbocycles. The molecular weight excluding hydrogens is 318 g/mol. The van der Waals surface area contributed by atoms with Gasteiger partial charge in [0.2, 0.25) is 5.76 Å². The Balaban J connectivity index is 1.47. The predicted molar refractivity (Wildman–Crippen MR) is 92.6 cm³/mol. The first-order valence-electron chi connectivity index (χ1n) is 8.65. The lowest BCUT2D eigenvalue weighted by Gasteiger charge is -2.32. The molecule has 0 aliphatic carbocycles. The Morgan fingerprint density at radius 2 is 2.12 bits per heavy atom. The van der Waals surface area contributed by atoms with E-state index in [4.69, 9.17) is 9.47 Å². The van der Waals surface area contributed by atoms with Crippen LogP contribution >= 0.6 is 0 Å². The Labute approximate surface area is 146 Å². The molecule has 1 N–H and O–H groups in total. The Bertz CT molecular complexity index is 769. The molecule has 0 spiro atoms. The number of ether oxygens (including phenoxy) is 2. The van der Waals surface area contributed by atoms with Crippen LogP contribution in [-0.4, -0.2) is 47.1 Å². The van der Waals surface area contributed by atoms with Gasteiger partial charge in [-0.15, -0.1) is 0 Å². The highest BCUT2D eigenvalue weighted by Gasteiger charge is 2.29. The van der Waals surface area contributed by atoms with Gasteiger partial charge in [0.15, 0.2) is 0 Å². The molecule has 2 aromatic rings. The third kappa shape index (κ3) is 3.38. The lowest BCUT2D eigenvalue weighted by molar-refractivity contribution is -0.133. The number of aromatic nitrogens is 2. The number of carbonyl (C=O) groups excluding carboxylic acids is 1. The van der Waals surface area contributed by atoms with Gasteiger partial charge in [-0.3, -0.25) is 4.79 Å². The minimum Gasteiger partial charge on any atom is -0.494 e. The van der Waals surface area contributed by atoms with Gasteiger partial charge in [-0.1, -0.05) is 30.3 Å². The fourth-order valence-corrected chi connectivity index (χ4v) is 3.33. The van der Waals surface area contributed by atoms with Crippen LogP contribution in [0.2, 0.25) is 0 Å². The fourth-order valence-electron chi connectivity index (χ4n) is 3.33. The van der Waals surface area contributed by atoms with E-state index < -0.39 is 0 Å². The van der Waals surface area contributed by atoms with Crippen molar-refractivity contribution in [1.29, 1.82) is 0 Å². The number of imidazole rings is 1. The first kappa shape index (κ1) is 15.7. The standard InChI is InChI=1S/C19H21N3O3/c23-19(17-13-24-9-10-25-17)22-8-4-7-15(12-22)18-20-11-16(21-18)14-5-2-1-3-6-14/h1-3,5-6,11,13,15H,4,7-10,12H2,(H,20,21)/t15-/m0/s1. The van der Waals surface area contributed by atoms with Gasteiger partial charge in [-0.05, 0) is 18.4 Å². The monoisotopic (exact) mass is 339 g/mol. The molecule has 0 radical (unpaired) electrons. The second kappa shape index (κ2) is 7.01. The smallest absolute Gasteiger partial charge is 0.292 e. The van der Waals surface area contributed by atoms with Crippen molar-refractivity contribution in [3.8, 4) is 11.3 Å². The second-order valence-corrected chi connectivity index (χ2v) is 6.34. The number of piperidine rings is 1. The maximum absolute atomic E-state index is 12.6. The normalized spacial score (nSPS) is 20.4. The number of nitrogens with zero attached hydrogens (tertiary/aromatic N) is 2. The Kier molecular flexibility index (Phi) is 4.41. The summed E-state index contributed by atoms with van der Waals surface area (Å²) in [7, 11) is 0. The van der Waals surface area contributed by atoms with Gasteiger partial charge in [0.05, 0.1) is 11.9 Å². The summed E-state index contributed by atoms with van der Waals surface area (Å²) in [4.78, 5) is 22.4. The van der Waals surface area contributed by atoms with E-state index in [9.17, 15) is 4.79 Å². The van der Waals surface area contributed by atoms with Crippen LogP contribution in [0.5, 0.6) is 0 Å². The molecule has 25 heavy (non-hydrogen) atoms. The highest BCUT2D eigenvalue weighted by atomic mass is 16.6. The van der Waals surface area contributed by atoms with E-state index in [-0.39, 0.29) is 11.8 Å². The van der Waals surface area contributed by atoms with Gasteiger partial charge in [0.25, 0.3) is 5.91 Å². The molecule has 1 amide bonds. The molecule has 0 bridgehead atoms. The van der Waals surface area contributed by atoms with Crippen molar-refractivity contribution in [2.24, 2.45) is 0 Å².